The van der Waals surface area contributed by atoms with Crippen molar-refractivity contribution in [3.63, 3.8) is 0 Å². The molecule has 0 radical (unpaired) electrons. The average Bonchev–Trinajstić information content (AvgIpc) is 3.04. The van der Waals surface area contributed by atoms with E-state index in [-0.39, 0.29) is 17.9 Å². The highest BCUT2D eigenvalue weighted by Crippen LogP contribution is 2.30. The topological polar surface area (TPSA) is 61.4 Å². The molecule has 0 spiro atoms. The van der Waals surface area contributed by atoms with Gasteiger partial charge < -0.3 is 15.5 Å². The number of carbonyl (C=O) groups excluding carboxylic acids is 2. The molecule has 0 bridgehead atoms. The molecular formula is C21H25N3O2. The Hall–Kier alpha value is -2.82. The number of anilines is 2. The predicted octanol–water partition coefficient (Wildman–Crippen LogP) is 3.02. The van der Waals surface area contributed by atoms with Crippen molar-refractivity contribution >= 4 is 23.2 Å². The number of hydrogen-bond acceptors (Lipinski definition) is 3. The lowest BCUT2D eigenvalue weighted by Crippen LogP contribution is -2.37. The average molecular weight is 351 g/mol. The van der Waals surface area contributed by atoms with E-state index < -0.39 is 0 Å². The molecule has 1 heterocycles. The van der Waals surface area contributed by atoms with E-state index in [0.717, 1.165) is 35.5 Å². The number of hydrogen-bond donors (Lipinski definition) is 2. The fourth-order valence-corrected chi connectivity index (χ4v) is 3.18. The van der Waals surface area contributed by atoms with Gasteiger partial charge >= 0.3 is 0 Å². The molecule has 2 amide bonds. The second kappa shape index (κ2) is 7.60. The highest BCUT2D eigenvalue weighted by molar-refractivity contribution is 5.94. The molecule has 0 aromatic heterocycles. The molecule has 2 aromatic rings. The van der Waals surface area contributed by atoms with Crippen molar-refractivity contribution in [3.8, 4) is 0 Å². The fourth-order valence-electron chi connectivity index (χ4n) is 3.18. The van der Waals surface area contributed by atoms with Gasteiger partial charge in [0.05, 0.1) is 0 Å². The molecule has 2 N–H and O–H groups in total. The van der Waals surface area contributed by atoms with Gasteiger partial charge in [-0.1, -0.05) is 29.8 Å². The summed E-state index contributed by atoms with van der Waals surface area (Å²) in [4.78, 5) is 25.8. The molecule has 0 saturated carbocycles. The van der Waals surface area contributed by atoms with Gasteiger partial charge in [-0.3, -0.25) is 9.59 Å². The van der Waals surface area contributed by atoms with Crippen LogP contribution in [0.3, 0.4) is 0 Å². The fraction of sp³-hybridized carbons (Fsp3) is 0.333. The van der Waals surface area contributed by atoms with E-state index in [1.165, 1.54) is 5.56 Å². The lowest BCUT2D eigenvalue weighted by atomic mass is 10.1. The van der Waals surface area contributed by atoms with Gasteiger partial charge in [0, 0.05) is 31.4 Å². The molecule has 5 heteroatoms. The number of rotatable bonds is 5. The van der Waals surface area contributed by atoms with E-state index >= 15 is 0 Å². The van der Waals surface area contributed by atoms with E-state index in [0.29, 0.717) is 6.54 Å². The number of carbonyl (C=O) groups is 2. The van der Waals surface area contributed by atoms with E-state index in [1.807, 2.05) is 56.3 Å². The minimum absolute atomic E-state index is 0.0450. The van der Waals surface area contributed by atoms with Gasteiger partial charge in [0.25, 0.3) is 0 Å². The van der Waals surface area contributed by atoms with Crippen LogP contribution in [0.1, 0.15) is 30.5 Å². The van der Waals surface area contributed by atoms with E-state index in [9.17, 15) is 9.59 Å². The summed E-state index contributed by atoms with van der Waals surface area (Å²) < 4.78 is 0. The summed E-state index contributed by atoms with van der Waals surface area (Å²) in [6.45, 7) is 6.71. The van der Waals surface area contributed by atoms with Crippen LogP contribution in [0.2, 0.25) is 0 Å². The molecule has 5 nitrogen and oxygen atoms in total. The van der Waals surface area contributed by atoms with E-state index in [4.69, 9.17) is 0 Å². The second-order valence-electron chi connectivity index (χ2n) is 6.83. The number of aryl methyl sites for hydroxylation is 1. The normalized spacial score (nSPS) is 13.9. The Bertz CT molecular complexity index is 815. The van der Waals surface area contributed by atoms with Crippen LogP contribution >= 0.6 is 0 Å². The monoisotopic (exact) mass is 351 g/mol. The van der Waals surface area contributed by atoms with Gasteiger partial charge in [-0.2, -0.15) is 0 Å². The molecule has 26 heavy (non-hydrogen) atoms. The van der Waals surface area contributed by atoms with Crippen LogP contribution < -0.4 is 15.5 Å². The zero-order valence-electron chi connectivity index (χ0n) is 15.5. The maximum absolute atomic E-state index is 12.3. The van der Waals surface area contributed by atoms with Crippen LogP contribution in [0.15, 0.2) is 42.5 Å². The number of amides is 2. The number of benzene rings is 2. The van der Waals surface area contributed by atoms with Crippen LogP contribution in [-0.2, 0) is 22.6 Å². The van der Waals surface area contributed by atoms with Crippen molar-refractivity contribution in [2.75, 3.05) is 16.8 Å². The van der Waals surface area contributed by atoms with Crippen LogP contribution in [0.25, 0.3) is 0 Å². The molecule has 2 aromatic carbocycles. The van der Waals surface area contributed by atoms with Crippen molar-refractivity contribution in [3.05, 3.63) is 59.2 Å². The molecule has 0 fully saturated rings. The maximum atomic E-state index is 12.3. The Morgan fingerprint density at radius 2 is 1.88 bits per heavy atom. The van der Waals surface area contributed by atoms with E-state index in [1.54, 1.807) is 11.8 Å². The second-order valence-corrected chi connectivity index (χ2v) is 6.83. The molecule has 3 rings (SSSR count). The van der Waals surface area contributed by atoms with Crippen LogP contribution in [0.4, 0.5) is 11.4 Å². The molecule has 136 valence electrons. The number of fused-ring (bicyclic) bond motifs is 1. The Morgan fingerprint density at radius 3 is 2.58 bits per heavy atom. The first-order valence-electron chi connectivity index (χ1n) is 8.95. The van der Waals surface area contributed by atoms with E-state index in [2.05, 4.69) is 10.6 Å². The first kappa shape index (κ1) is 18.0. The van der Waals surface area contributed by atoms with Crippen molar-refractivity contribution in [1.29, 1.82) is 0 Å². The lowest BCUT2D eigenvalue weighted by molar-refractivity contribution is -0.121. The van der Waals surface area contributed by atoms with Gasteiger partial charge in [0.1, 0.15) is 6.04 Å². The highest BCUT2D eigenvalue weighted by Gasteiger charge is 2.22. The van der Waals surface area contributed by atoms with Crippen molar-refractivity contribution in [2.24, 2.45) is 0 Å². The van der Waals surface area contributed by atoms with Gasteiger partial charge in [-0.25, -0.2) is 0 Å². The zero-order chi connectivity index (χ0) is 18.7. The minimum Gasteiger partial charge on any atom is -0.374 e. The summed E-state index contributed by atoms with van der Waals surface area (Å²) in [6, 6.07) is 13.7. The quantitative estimate of drug-likeness (QED) is 0.870. The van der Waals surface area contributed by atoms with Crippen molar-refractivity contribution in [1.82, 2.24) is 5.32 Å². The maximum Gasteiger partial charge on any atom is 0.242 e. The Balaban J connectivity index is 1.57. The van der Waals surface area contributed by atoms with Crippen LogP contribution in [0, 0.1) is 6.92 Å². The standard InChI is InChI=1S/C21H25N3O2/c1-14-4-6-17(7-5-14)13-22-21(26)15(2)23-19-8-9-20-18(12-19)10-11-24(20)16(3)25/h4-9,12,15,23H,10-11,13H2,1-3H3,(H,22,26)/t15-/m1/s1. The smallest absolute Gasteiger partial charge is 0.242 e. The molecule has 0 saturated heterocycles. The molecule has 1 aliphatic rings. The van der Waals surface area contributed by atoms with Crippen LogP contribution in [-0.4, -0.2) is 24.4 Å². The number of nitrogens with zero attached hydrogens (tertiary/aromatic N) is 1. The van der Waals surface area contributed by atoms with Gasteiger partial charge in [-0.05, 0) is 49.6 Å². The van der Waals surface area contributed by atoms with Gasteiger partial charge in [0.2, 0.25) is 11.8 Å². The SMILES string of the molecule is CC(=O)N1CCc2cc(N[C@H](C)C(=O)NCc3ccc(C)cc3)ccc21. The number of nitrogens with one attached hydrogen (secondary N) is 2. The lowest BCUT2D eigenvalue weighted by Gasteiger charge is -2.18. The third kappa shape index (κ3) is 4.04. The summed E-state index contributed by atoms with van der Waals surface area (Å²) in [5.74, 6) is 0.0183. The zero-order valence-corrected chi connectivity index (χ0v) is 15.5. The summed E-state index contributed by atoms with van der Waals surface area (Å²) in [5, 5.41) is 6.20. The van der Waals surface area contributed by atoms with Crippen molar-refractivity contribution in [2.45, 2.75) is 39.8 Å². The van der Waals surface area contributed by atoms with Crippen molar-refractivity contribution < 1.29 is 9.59 Å². The largest absolute Gasteiger partial charge is 0.374 e. The summed E-state index contributed by atoms with van der Waals surface area (Å²) in [5.41, 5.74) is 5.29. The molecule has 0 aliphatic carbocycles. The predicted molar refractivity (Wildman–Crippen MR) is 104 cm³/mol. The molecule has 1 atom stereocenters. The molecule has 1 aliphatic heterocycles. The minimum atomic E-state index is -0.344. The van der Waals surface area contributed by atoms with Gasteiger partial charge in [-0.15, -0.1) is 0 Å². The Morgan fingerprint density at radius 1 is 1.15 bits per heavy atom. The summed E-state index contributed by atoms with van der Waals surface area (Å²) in [7, 11) is 0. The third-order valence-electron chi connectivity index (χ3n) is 4.72. The highest BCUT2D eigenvalue weighted by atomic mass is 16.2. The first-order valence-corrected chi connectivity index (χ1v) is 8.95. The molecule has 0 unspecified atom stereocenters. The molecular weight excluding hydrogens is 326 g/mol. The third-order valence-corrected chi connectivity index (χ3v) is 4.72. The summed E-state index contributed by atoms with van der Waals surface area (Å²) >= 11 is 0. The Labute approximate surface area is 154 Å². The summed E-state index contributed by atoms with van der Waals surface area (Å²) in [6.07, 6.45) is 0.846. The van der Waals surface area contributed by atoms with Gasteiger partial charge in [0.15, 0.2) is 0 Å². The van der Waals surface area contributed by atoms with Crippen LogP contribution in [0.5, 0.6) is 0 Å². The Kier molecular flexibility index (Phi) is 5.26. The first-order chi connectivity index (χ1) is 12.4.